The van der Waals surface area contributed by atoms with Crippen LogP contribution in [0.1, 0.15) is 105 Å². The second-order valence-corrected chi connectivity index (χ2v) is 15.5. The van der Waals surface area contributed by atoms with Crippen LogP contribution in [0.5, 0.6) is 0 Å². The van der Waals surface area contributed by atoms with Gasteiger partial charge in [0.15, 0.2) is 12.1 Å². The first kappa shape index (κ1) is 33.1. The van der Waals surface area contributed by atoms with Gasteiger partial charge in [0.25, 0.3) is 0 Å². The van der Waals surface area contributed by atoms with Gasteiger partial charge in [-0.2, -0.15) is 0 Å². The summed E-state index contributed by atoms with van der Waals surface area (Å²) < 4.78 is 12.5. The normalized spacial score (nSPS) is 43.4. The van der Waals surface area contributed by atoms with Crippen molar-refractivity contribution in [3.8, 4) is 0 Å². The van der Waals surface area contributed by atoms with E-state index in [1.165, 1.54) is 51.0 Å². The average Bonchev–Trinajstić information content (AvgIpc) is 3.32. The molecule has 4 N–H and O–H groups in total. The van der Waals surface area contributed by atoms with E-state index in [9.17, 15) is 24.9 Å². The summed E-state index contributed by atoms with van der Waals surface area (Å²) in [5.41, 5.74) is 1.25. The number of rotatable bonds is 10. The summed E-state index contributed by atoms with van der Waals surface area (Å²) >= 11 is 0. The Bertz CT molecular complexity index is 1050. The fourth-order valence-corrected chi connectivity index (χ4v) is 10.5. The van der Waals surface area contributed by atoms with Gasteiger partial charge in [0, 0.05) is 18.8 Å². The van der Waals surface area contributed by atoms with E-state index in [-0.39, 0.29) is 17.1 Å². The van der Waals surface area contributed by atoms with Gasteiger partial charge in [0.1, 0.15) is 24.4 Å². The van der Waals surface area contributed by atoms with Gasteiger partial charge >= 0.3 is 0 Å². The van der Waals surface area contributed by atoms with Crippen LogP contribution in [-0.2, 0) is 19.1 Å². The molecule has 0 unspecified atom stereocenters. The molecule has 0 radical (unpaired) electrons. The summed E-state index contributed by atoms with van der Waals surface area (Å²) in [5.74, 6) is 3.74. The zero-order chi connectivity index (χ0) is 31.1. The van der Waals surface area contributed by atoms with Crippen molar-refractivity contribution in [2.45, 2.75) is 136 Å². The Kier molecular flexibility index (Phi) is 10.1. The van der Waals surface area contributed by atoms with E-state index in [1.54, 1.807) is 0 Å². The number of hydrogen-bond donors (Lipinski definition) is 4. The first-order valence-electron chi connectivity index (χ1n) is 17.2. The molecule has 1 saturated heterocycles. The van der Waals surface area contributed by atoms with E-state index >= 15 is 0 Å². The molecule has 0 spiro atoms. The van der Waals surface area contributed by atoms with Crippen LogP contribution < -0.4 is 5.32 Å². The molecule has 12 atom stereocenters. The van der Waals surface area contributed by atoms with Gasteiger partial charge < -0.3 is 30.1 Å². The minimum absolute atomic E-state index is 0.185. The van der Waals surface area contributed by atoms with Crippen molar-refractivity contribution in [2.75, 3.05) is 13.2 Å². The highest BCUT2D eigenvalue weighted by molar-refractivity contribution is 5.91. The third kappa shape index (κ3) is 6.25. The molecule has 0 bridgehead atoms. The number of carbonyl (C=O) groups is 2. The predicted octanol–water partition coefficient (Wildman–Crippen LogP) is 4.54. The lowest BCUT2D eigenvalue weighted by atomic mass is 9.46. The third-order valence-corrected chi connectivity index (χ3v) is 12.6. The Morgan fingerprint density at radius 1 is 1.07 bits per heavy atom. The molecule has 0 aromatic rings. The van der Waals surface area contributed by atoms with E-state index in [0.717, 1.165) is 43.4 Å². The lowest BCUT2D eigenvalue weighted by Gasteiger charge is -2.59. The van der Waals surface area contributed by atoms with E-state index in [2.05, 4.69) is 33.0 Å². The maximum Gasteiger partial charge on any atom is 0.217 e. The number of amides is 1. The van der Waals surface area contributed by atoms with Crippen LogP contribution in [0.3, 0.4) is 0 Å². The molecule has 1 aliphatic heterocycles. The molecule has 244 valence electrons. The molecule has 1 amide bonds. The highest BCUT2D eigenvalue weighted by atomic mass is 16.7. The van der Waals surface area contributed by atoms with Crippen molar-refractivity contribution in [1.82, 2.24) is 5.32 Å². The summed E-state index contributed by atoms with van der Waals surface area (Å²) in [7, 11) is 0. The molecule has 3 saturated carbocycles. The number of ketones is 1. The zero-order valence-corrected chi connectivity index (χ0v) is 27.1. The van der Waals surface area contributed by atoms with Gasteiger partial charge in [0.05, 0.1) is 13.2 Å². The maximum absolute atomic E-state index is 12.7. The molecule has 5 aliphatic rings. The number of nitrogens with one attached hydrogen (secondary N) is 1. The van der Waals surface area contributed by atoms with Crippen LogP contribution in [0, 0.1) is 46.3 Å². The summed E-state index contributed by atoms with van der Waals surface area (Å²) in [6.07, 6.45) is 9.26. The minimum Gasteiger partial charge on any atom is -0.394 e. The van der Waals surface area contributed by atoms with Crippen LogP contribution in [0.4, 0.5) is 0 Å². The third-order valence-electron chi connectivity index (χ3n) is 12.6. The largest absolute Gasteiger partial charge is 0.394 e. The molecular weight excluding hydrogens is 546 g/mol. The zero-order valence-electron chi connectivity index (χ0n) is 27.1. The Morgan fingerprint density at radius 2 is 1.84 bits per heavy atom. The summed E-state index contributed by atoms with van der Waals surface area (Å²) in [6, 6.07) is -0.967. The quantitative estimate of drug-likeness (QED) is 0.289. The van der Waals surface area contributed by atoms with E-state index in [0.29, 0.717) is 36.2 Å². The summed E-state index contributed by atoms with van der Waals surface area (Å²) in [5, 5.41) is 33.8. The van der Waals surface area contributed by atoms with Crippen molar-refractivity contribution in [1.29, 1.82) is 0 Å². The molecule has 8 heteroatoms. The molecule has 0 aromatic heterocycles. The van der Waals surface area contributed by atoms with Gasteiger partial charge in [-0.05, 0) is 91.9 Å². The molecule has 5 rings (SSSR count). The fourth-order valence-electron chi connectivity index (χ4n) is 10.5. The van der Waals surface area contributed by atoms with Crippen molar-refractivity contribution in [2.24, 2.45) is 46.3 Å². The number of fused-ring (bicyclic) bond motifs is 5. The molecule has 4 fully saturated rings. The number of carbonyl (C=O) groups excluding carboxylic acids is 2. The first-order chi connectivity index (χ1) is 20.4. The lowest BCUT2D eigenvalue weighted by molar-refractivity contribution is -0.279. The molecular formula is C35H57NO7. The van der Waals surface area contributed by atoms with E-state index in [4.69, 9.17) is 9.47 Å². The van der Waals surface area contributed by atoms with E-state index in [1.807, 2.05) is 6.08 Å². The van der Waals surface area contributed by atoms with Gasteiger partial charge in [0.2, 0.25) is 5.91 Å². The molecule has 4 aliphatic carbocycles. The van der Waals surface area contributed by atoms with Gasteiger partial charge in [-0.25, -0.2) is 0 Å². The molecule has 43 heavy (non-hydrogen) atoms. The highest BCUT2D eigenvalue weighted by Crippen LogP contribution is 2.68. The van der Waals surface area contributed by atoms with Crippen molar-refractivity contribution in [3.63, 3.8) is 0 Å². The van der Waals surface area contributed by atoms with Crippen LogP contribution in [0.2, 0.25) is 0 Å². The van der Waals surface area contributed by atoms with Gasteiger partial charge in [-0.1, -0.05) is 52.5 Å². The van der Waals surface area contributed by atoms with Crippen LogP contribution >= 0.6 is 0 Å². The minimum atomic E-state index is -1.35. The topological polar surface area (TPSA) is 125 Å². The van der Waals surface area contributed by atoms with Crippen molar-refractivity contribution >= 4 is 11.7 Å². The molecule has 8 nitrogen and oxygen atoms in total. The fraction of sp³-hybridized carbons (Fsp3) is 0.886. The van der Waals surface area contributed by atoms with Crippen molar-refractivity contribution in [3.05, 3.63) is 11.6 Å². The number of aliphatic hydroxyl groups excluding tert-OH is 3. The Labute approximate surface area is 258 Å². The van der Waals surface area contributed by atoms with Crippen LogP contribution in [0.25, 0.3) is 0 Å². The average molecular weight is 604 g/mol. The Balaban J connectivity index is 1.37. The lowest BCUT2D eigenvalue weighted by Crippen LogP contribution is -2.65. The standard InChI is InChI=1S/C35H57NO7/c1-20(2)7-6-8-21(3)26-11-12-27-25-10-9-23-17-24(39)13-16-35(23,28(25)14-15-34(26,27)5)19-42-33-30(36-22(4)38)32(41)31(40)29(18-37)43-33/h17,20-21,25-33,37,40-41H,6-16,18-19H2,1-5H3,(H,36,38)/t21-,25+,26-,27+,28+,29-,30-,31-,32-,33-,34-,35-/m1/s1. The second kappa shape index (κ2) is 13.2. The Hall–Kier alpha value is -1.32. The highest BCUT2D eigenvalue weighted by Gasteiger charge is 2.61. The Morgan fingerprint density at radius 3 is 2.53 bits per heavy atom. The van der Waals surface area contributed by atoms with Crippen molar-refractivity contribution < 1.29 is 34.4 Å². The molecule has 0 aromatic carbocycles. The monoisotopic (exact) mass is 603 g/mol. The summed E-state index contributed by atoms with van der Waals surface area (Å²) in [6.45, 7) is 10.9. The number of aliphatic hydroxyl groups is 3. The van der Waals surface area contributed by atoms with Crippen LogP contribution in [-0.4, -0.2) is 70.9 Å². The SMILES string of the molecule is CC(=O)N[C@H]1[C@H](OC[C@]23CCC(=O)C=C2CC[C@@H]2[C@@H]3CC[C@]3(C)[C@@H]([C@H](C)CCCC(C)C)CC[C@@H]23)O[C@H](CO)[C@@H](O)[C@@H]1O. The van der Waals surface area contributed by atoms with Crippen LogP contribution in [0.15, 0.2) is 11.6 Å². The van der Waals surface area contributed by atoms with E-state index < -0.39 is 37.3 Å². The van der Waals surface area contributed by atoms with Gasteiger partial charge in [-0.15, -0.1) is 0 Å². The predicted molar refractivity (Wildman–Crippen MR) is 164 cm³/mol. The first-order valence-corrected chi connectivity index (χ1v) is 17.2. The number of hydrogen-bond acceptors (Lipinski definition) is 7. The second-order valence-electron chi connectivity index (χ2n) is 15.5. The smallest absolute Gasteiger partial charge is 0.217 e. The maximum atomic E-state index is 12.7. The number of ether oxygens (including phenoxy) is 2. The van der Waals surface area contributed by atoms with Gasteiger partial charge in [-0.3, -0.25) is 9.59 Å². The summed E-state index contributed by atoms with van der Waals surface area (Å²) in [4.78, 5) is 24.7. The molecule has 1 heterocycles.